The molecule has 1 fully saturated rings. The minimum atomic E-state index is -1.10. The minimum absolute atomic E-state index is 0.463. The number of methoxy groups -OCH3 is 1. The van der Waals surface area contributed by atoms with E-state index in [-0.39, 0.29) is 0 Å². The number of amides is 1. The molecule has 0 bridgehead atoms. The summed E-state index contributed by atoms with van der Waals surface area (Å²) in [4.78, 5) is 21.8. The van der Waals surface area contributed by atoms with Crippen LogP contribution in [0.4, 0.5) is 4.79 Å². The van der Waals surface area contributed by atoms with Crippen molar-refractivity contribution in [2.75, 3.05) is 13.7 Å². The maximum absolute atomic E-state index is 10.9. The van der Waals surface area contributed by atoms with Gasteiger partial charge in [0.1, 0.15) is 0 Å². The number of ether oxygens (including phenoxy) is 2. The molecule has 1 heterocycles. The van der Waals surface area contributed by atoms with Crippen LogP contribution < -0.4 is 5.32 Å². The Kier molecular flexibility index (Phi) is 4.36. The molecule has 6 nitrogen and oxygen atoms in total. The van der Waals surface area contributed by atoms with Crippen LogP contribution in [0.15, 0.2) is 0 Å². The number of hydrogen-bond donors (Lipinski definition) is 2. The number of hydrogen-bond acceptors (Lipinski definition) is 4. The Hall–Kier alpha value is -1.30. The van der Waals surface area contributed by atoms with Crippen LogP contribution in [0.2, 0.25) is 0 Å². The summed E-state index contributed by atoms with van der Waals surface area (Å²) in [5, 5.41) is 11.2. The van der Waals surface area contributed by atoms with Gasteiger partial charge in [-0.25, -0.2) is 9.59 Å². The van der Waals surface area contributed by atoms with E-state index in [9.17, 15) is 9.59 Å². The van der Waals surface area contributed by atoms with E-state index in [1.165, 1.54) is 7.11 Å². The molecule has 1 rings (SSSR count). The summed E-state index contributed by atoms with van der Waals surface area (Å²) in [6.07, 6.45) is 1.27. The highest BCUT2D eigenvalue weighted by Gasteiger charge is 2.31. The summed E-state index contributed by atoms with van der Waals surface area (Å²) >= 11 is 0. The first-order chi connectivity index (χ1) is 7.15. The van der Waals surface area contributed by atoms with Crippen LogP contribution in [0, 0.1) is 0 Å². The van der Waals surface area contributed by atoms with E-state index in [1.807, 2.05) is 0 Å². The molecule has 0 aromatic heterocycles. The fourth-order valence-corrected chi connectivity index (χ4v) is 1.53. The SMILES string of the molecule is COC(=O)N[C@H](C(=O)O)C1CCCCO1. The summed E-state index contributed by atoms with van der Waals surface area (Å²) in [6, 6.07) is -1.03. The van der Waals surface area contributed by atoms with Gasteiger partial charge in [0.15, 0.2) is 6.04 Å². The monoisotopic (exact) mass is 217 g/mol. The second-order valence-corrected chi connectivity index (χ2v) is 3.36. The van der Waals surface area contributed by atoms with E-state index in [0.29, 0.717) is 13.0 Å². The lowest BCUT2D eigenvalue weighted by atomic mass is 10.0. The molecule has 1 aliphatic rings. The van der Waals surface area contributed by atoms with Crippen molar-refractivity contribution in [1.29, 1.82) is 0 Å². The van der Waals surface area contributed by atoms with Gasteiger partial charge in [-0.1, -0.05) is 0 Å². The van der Waals surface area contributed by atoms with Crippen molar-refractivity contribution in [2.45, 2.75) is 31.4 Å². The van der Waals surface area contributed by atoms with Gasteiger partial charge in [-0.3, -0.25) is 0 Å². The molecule has 2 atom stereocenters. The lowest BCUT2D eigenvalue weighted by Crippen LogP contribution is -2.50. The van der Waals surface area contributed by atoms with Gasteiger partial charge >= 0.3 is 12.1 Å². The topological polar surface area (TPSA) is 84.9 Å². The van der Waals surface area contributed by atoms with Gasteiger partial charge in [0.25, 0.3) is 0 Å². The van der Waals surface area contributed by atoms with Crippen molar-refractivity contribution >= 4 is 12.1 Å². The average Bonchev–Trinajstić information content (AvgIpc) is 2.26. The van der Waals surface area contributed by atoms with E-state index in [1.54, 1.807) is 0 Å². The molecule has 15 heavy (non-hydrogen) atoms. The molecule has 6 heteroatoms. The molecular formula is C9H15NO5. The van der Waals surface area contributed by atoms with Crippen LogP contribution in [0.5, 0.6) is 0 Å². The summed E-state index contributed by atoms with van der Waals surface area (Å²) in [5.74, 6) is -1.10. The quantitative estimate of drug-likeness (QED) is 0.713. The van der Waals surface area contributed by atoms with Crippen molar-refractivity contribution in [3.8, 4) is 0 Å². The molecule has 1 amide bonds. The zero-order chi connectivity index (χ0) is 11.3. The summed E-state index contributed by atoms with van der Waals surface area (Å²) in [5.41, 5.74) is 0. The third kappa shape index (κ3) is 3.39. The molecule has 1 aliphatic heterocycles. The molecule has 0 aromatic rings. The zero-order valence-corrected chi connectivity index (χ0v) is 8.56. The number of nitrogens with one attached hydrogen (secondary N) is 1. The minimum Gasteiger partial charge on any atom is -0.480 e. The van der Waals surface area contributed by atoms with Crippen LogP contribution >= 0.6 is 0 Å². The van der Waals surface area contributed by atoms with Gasteiger partial charge in [-0.05, 0) is 19.3 Å². The zero-order valence-electron chi connectivity index (χ0n) is 8.56. The molecular weight excluding hydrogens is 202 g/mol. The summed E-state index contributed by atoms with van der Waals surface area (Å²) < 4.78 is 9.65. The number of alkyl carbamates (subject to hydrolysis) is 1. The third-order valence-corrected chi connectivity index (χ3v) is 2.31. The van der Waals surface area contributed by atoms with Gasteiger partial charge in [-0.2, -0.15) is 0 Å². The van der Waals surface area contributed by atoms with Gasteiger partial charge in [-0.15, -0.1) is 0 Å². The second-order valence-electron chi connectivity index (χ2n) is 3.36. The van der Waals surface area contributed by atoms with Crippen LogP contribution in [0.3, 0.4) is 0 Å². The highest BCUT2D eigenvalue weighted by molar-refractivity contribution is 5.80. The van der Waals surface area contributed by atoms with Crippen molar-refractivity contribution in [3.63, 3.8) is 0 Å². The average molecular weight is 217 g/mol. The van der Waals surface area contributed by atoms with E-state index in [0.717, 1.165) is 12.8 Å². The maximum atomic E-state index is 10.9. The van der Waals surface area contributed by atoms with Crippen molar-refractivity contribution in [2.24, 2.45) is 0 Å². The maximum Gasteiger partial charge on any atom is 0.407 e. The predicted octanol–water partition coefficient (Wildman–Crippen LogP) is 0.365. The van der Waals surface area contributed by atoms with Crippen LogP contribution in [-0.4, -0.2) is 43.0 Å². The largest absolute Gasteiger partial charge is 0.480 e. The van der Waals surface area contributed by atoms with Gasteiger partial charge in [0.2, 0.25) is 0 Å². The first-order valence-electron chi connectivity index (χ1n) is 4.84. The van der Waals surface area contributed by atoms with E-state index in [4.69, 9.17) is 9.84 Å². The van der Waals surface area contributed by atoms with Crippen molar-refractivity contribution in [3.05, 3.63) is 0 Å². The Morgan fingerprint density at radius 2 is 2.27 bits per heavy atom. The van der Waals surface area contributed by atoms with Gasteiger partial charge in [0, 0.05) is 6.61 Å². The molecule has 0 aromatic carbocycles. The third-order valence-electron chi connectivity index (χ3n) is 2.31. The Balaban J connectivity index is 2.55. The van der Waals surface area contributed by atoms with Crippen LogP contribution in [0.1, 0.15) is 19.3 Å². The van der Waals surface area contributed by atoms with Gasteiger partial charge in [0.05, 0.1) is 13.2 Å². The highest BCUT2D eigenvalue weighted by atomic mass is 16.5. The second kappa shape index (κ2) is 5.55. The standard InChI is InChI=1S/C9H15NO5/c1-14-9(13)10-7(8(11)12)6-4-2-3-5-15-6/h6-7H,2-5H2,1H3,(H,10,13)(H,11,12)/t6?,7-/m0/s1. The molecule has 2 N–H and O–H groups in total. The van der Waals surface area contributed by atoms with Gasteiger partial charge < -0.3 is 19.9 Å². The smallest absolute Gasteiger partial charge is 0.407 e. The molecule has 86 valence electrons. The molecule has 0 radical (unpaired) electrons. The number of carboxylic acids is 1. The number of carboxylic acid groups (broad SMARTS) is 1. The number of rotatable bonds is 3. The summed E-state index contributed by atoms with van der Waals surface area (Å²) in [6.45, 7) is 0.539. The van der Waals surface area contributed by atoms with Crippen molar-refractivity contribution < 1.29 is 24.2 Å². The highest BCUT2D eigenvalue weighted by Crippen LogP contribution is 2.16. The number of carbonyl (C=O) groups is 2. The molecule has 0 spiro atoms. The first kappa shape index (κ1) is 11.8. The fraction of sp³-hybridized carbons (Fsp3) is 0.778. The first-order valence-corrected chi connectivity index (χ1v) is 4.84. The number of aliphatic carboxylic acids is 1. The van der Waals surface area contributed by atoms with E-state index in [2.05, 4.69) is 10.1 Å². The molecule has 1 unspecified atom stereocenters. The molecule has 1 saturated heterocycles. The Labute approximate surface area is 87.5 Å². The van der Waals surface area contributed by atoms with Crippen LogP contribution in [0.25, 0.3) is 0 Å². The summed E-state index contributed by atoms with van der Waals surface area (Å²) in [7, 11) is 1.19. The Morgan fingerprint density at radius 1 is 1.53 bits per heavy atom. The van der Waals surface area contributed by atoms with Crippen LogP contribution in [-0.2, 0) is 14.3 Å². The van der Waals surface area contributed by atoms with E-state index < -0.39 is 24.2 Å². The molecule has 0 aliphatic carbocycles. The van der Waals surface area contributed by atoms with E-state index >= 15 is 0 Å². The normalized spacial score (nSPS) is 22.9. The van der Waals surface area contributed by atoms with Crippen molar-refractivity contribution in [1.82, 2.24) is 5.32 Å². The predicted molar refractivity (Wildman–Crippen MR) is 50.6 cm³/mol. The Bertz CT molecular complexity index is 237. The number of carbonyl (C=O) groups excluding carboxylic acids is 1. The fourth-order valence-electron chi connectivity index (χ4n) is 1.53. The lowest BCUT2D eigenvalue weighted by molar-refractivity contribution is -0.144. The Morgan fingerprint density at radius 3 is 2.73 bits per heavy atom. The lowest BCUT2D eigenvalue weighted by Gasteiger charge is -2.27. The molecule has 0 saturated carbocycles.